The average Bonchev–Trinajstić information content (AvgIpc) is 3.16. The van der Waals surface area contributed by atoms with Gasteiger partial charge in [0.1, 0.15) is 12.6 Å². The van der Waals surface area contributed by atoms with Gasteiger partial charge in [-0.1, -0.05) is 17.9 Å². The van der Waals surface area contributed by atoms with Crippen molar-refractivity contribution in [3.05, 3.63) is 53.3 Å². The van der Waals surface area contributed by atoms with Crippen molar-refractivity contribution in [2.75, 3.05) is 32.8 Å². The summed E-state index contributed by atoms with van der Waals surface area (Å²) in [7, 11) is 1.86. The molecule has 6 nitrogen and oxygen atoms in total. The van der Waals surface area contributed by atoms with E-state index in [4.69, 9.17) is 4.74 Å². The van der Waals surface area contributed by atoms with Gasteiger partial charge in [0.15, 0.2) is 5.96 Å². The summed E-state index contributed by atoms with van der Waals surface area (Å²) < 4.78 is 46.0. The summed E-state index contributed by atoms with van der Waals surface area (Å²) in [6.07, 6.45) is -0.764. The predicted molar refractivity (Wildman–Crippen MR) is 123 cm³/mol. The third kappa shape index (κ3) is 7.14. The molecular weight excluding hydrogens is 522 g/mol. The normalized spacial score (nSPS) is 16.9. The van der Waals surface area contributed by atoms with Crippen molar-refractivity contribution in [1.29, 1.82) is 0 Å². The number of hydrogen-bond acceptors (Lipinski definition) is 3. The van der Waals surface area contributed by atoms with Crippen molar-refractivity contribution < 1.29 is 17.9 Å². The van der Waals surface area contributed by atoms with Crippen LogP contribution in [0.3, 0.4) is 0 Å². The number of aromatic nitrogens is 2. The van der Waals surface area contributed by atoms with Crippen LogP contribution in [0.15, 0.2) is 41.7 Å². The summed E-state index contributed by atoms with van der Waals surface area (Å²) >= 11 is 0. The zero-order valence-electron chi connectivity index (χ0n) is 17.3. The summed E-state index contributed by atoms with van der Waals surface area (Å²) in [5.41, 5.74) is 0.608. The Morgan fingerprint density at radius 1 is 1.39 bits per heavy atom. The summed E-state index contributed by atoms with van der Waals surface area (Å²) in [6, 6.07) is 4.98. The number of benzene rings is 1. The maximum atomic E-state index is 12.8. The standard InChI is InChI=1S/C21H24F3N5O.HI/c1-3-25-20(29-10-11-30-19(15-29)17-13-27-28(2)14-17)26-9-5-7-16-6-4-8-18(12-16)21(22,23)24;/h4,6,8,12-14,19H,3,9-11,15H2,1-2H3,(H,25,26);1H. The fourth-order valence-electron chi connectivity index (χ4n) is 3.10. The number of aryl methyl sites for hydroxylation is 1. The van der Waals surface area contributed by atoms with Crippen molar-refractivity contribution in [3.63, 3.8) is 0 Å². The van der Waals surface area contributed by atoms with Gasteiger partial charge < -0.3 is 15.0 Å². The van der Waals surface area contributed by atoms with Gasteiger partial charge in [-0.2, -0.15) is 18.3 Å². The lowest BCUT2D eigenvalue weighted by atomic mass is 10.1. The number of rotatable bonds is 3. The Labute approximate surface area is 196 Å². The molecular formula is C21H25F3IN5O. The molecule has 1 aromatic heterocycles. The number of alkyl halides is 3. The van der Waals surface area contributed by atoms with Crippen molar-refractivity contribution in [1.82, 2.24) is 20.0 Å². The lowest BCUT2D eigenvalue weighted by Crippen LogP contribution is -2.48. The number of halogens is 4. The fraction of sp³-hybridized carbons (Fsp3) is 0.429. The van der Waals surface area contributed by atoms with E-state index in [2.05, 4.69) is 32.1 Å². The molecule has 1 fully saturated rings. The molecule has 1 saturated heterocycles. The highest BCUT2D eigenvalue weighted by Gasteiger charge is 2.30. The summed E-state index contributed by atoms with van der Waals surface area (Å²) in [6.45, 7) is 4.70. The molecule has 1 aromatic carbocycles. The molecule has 0 aliphatic carbocycles. The van der Waals surface area contributed by atoms with Gasteiger partial charge in [0.05, 0.1) is 24.9 Å². The lowest BCUT2D eigenvalue weighted by Gasteiger charge is -2.34. The third-order valence-corrected chi connectivity index (χ3v) is 4.53. The molecule has 1 aliphatic heterocycles. The molecule has 2 heterocycles. The van der Waals surface area contributed by atoms with E-state index in [-0.39, 0.29) is 36.6 Å². The van der Waals surface area contributed by atoms with Crippen LogP contribution in [0, 0.1) is 11.8 Å². The average molecular weight is 547 g/mol. The lowest BCUT2D eigenvalue weighted by molar-refractivity contribution is -0.137. The molecule has 31 heavy (non-hydrogen) atoms. The Balaban J connectivity index is 0.00000341. The molecule has 0 bridgehead atoms. The highest BCUT2D eigenvalue weighted by Crippen LogP contribution is 2.29. The Hall–Kier alpha value is -2.26. The van der Waals surface area contributed by atoms with Crippen molar-refractivity contribution in [2.45, 2.75) is 19.2 Å². The van der Waals surface area contributed by atoms with Crippen LogP contribution in [0.1, 0.15) is 29.7 Å². The van der Waals surface area contributed by atoms with Crippen LogP contribution < -0.4 is 5.32 Å². The molecule has 168 valence electrons. The molecule has 1 atom stereocenters. The molecule has 10 heteroatoms. The molecule has 3 rings (SSSR count). The van der Waals surface area contributed by atoms with Crippen LogP contribution in [-0.2, 0) is 18.0 Å². The van der Waals surface area contributed by atoms with Crippen LogP contribution in [0.4, 0.5) is 13.2 Å². The number of hydrogen-bond donors (Lipinski definition) is 1. The van der Waals surface area contributed by atoms with Crippen LogP contribution in [0.2, 0.25) is 0 Å². The first-order valence-corrected chi connectivity index (χ1v) is 9.66. The summed E-state index contributed by atoms with van der Waals surface area (Å²) in [4.78, 5) is 6.61. The van der Waals surface area contributed by atoms with E-state index >= 15 is 0 Å². The molecule has 0 radical (unpaired) electrons. The number of nitrogens with one attached hydrogen (secondary N) is 1. The number of nitrogens with zero attached hydrogens (tertiary/aromatic N) is 4. The van der Waals surface area contributed by atoms with Gasteiger partial charge in [0.2, 0.25) is 0 Å². The molecule has 0 spiro atoms. The van der Waals surface area contributed by atoms with Gasteiger partial charge in [-0.25, -0.2) is 4.99 Å². The van der Waals surface area contributed by atoms with E-state index in [9.17, 15) is 13.2 Å². The quantitative estimate of drug-likeness (QED) is 0.277. The minimum atomic E-state index is -4.38. The Morgan fingerprint density at radius 2 is 2.19 bits per heavy atom. The Bertz CT molecular complexity index is 948. The monoisotopic (exact) mass is 547 g/mol. The first-order valence-electron chi connectivity index (χ1n) is 9.66. The van der Waals surface area contributed by atoms with Gasteiger partial charge in [-0.15, -0.1) is 24.0 Å². The highest BCUT2D eigenvalue weighted by molar-refractivity contribution is 14.0. The molecule has 1 aliphatic rings. The van der Waals surface area contributed by atoms with Crippen molar-refractivity contribution in [3.8, 4) is 11.8 Å². The largest absolute Gasteiger partial charge is 0.416 e. The minimum Gasteiger partial charge on any atom is -0.370 e. The van der Waals surface area contributed by atoms with E-state index in [1.54, 1.807) is 16.9 Å². The number of aliphatic imine (C=N–C) groups is 1. The van der Waals surface area contributed by atoms with E-state index in [0.717, 1.165) is 17.7 Å². The molecule has 2 aromatic rings. The first-order chi connectivity index (χ1) is 14.4. The van der Waals surface area contributed by atoms with Gasteiger partial charge in [-0.3, -0.25) is 4.68 Å². The summed E-state index contributed by atoms with van der Waals surface area (Å²) in [5, 5.41) is 7.43. The predicted octanol–water partition coefficient (Wildman–Crippen LogP) is 3.45. The van der Waals surface area contributed by atoms with Gasteiger partial charge in [-0.05, 0) is 25.1 Å². The van der Waals surface area contributed by atoms with Crippen LogP contribution in [0.25, 0.3) is 0 Å². The second-order valence-corrected chi connectivity index (χ2v) is 6.80. The zero-order valence-corrected chi connectivity index (χ0v) is 19.6. The van der Waals surface area contributed by atoms with Gasteiger partial charge >= 0.3 is 6.18 Å². The molecule has 0 saturated carbocycles. The van der Waals surface area contributed by atoms with Crippen molar-refractivity contribution in [2.24, 2.45) is 12.0 Å². The molecule has 1 N–H and O–H groups in total. The minimum absolute atomic E-state index is 0. The topological polar surface area (TPSA) is 54.7 Å². The molecule has 1 unspecified atom stereocenters. The zero-order chi connectivity index (χ0) is 21.6. The first kappa shape index (κ1) is 25.0. The summed E-state index contributed by atoms with van der Waals surface area (Å²) in [5.74, 6) is 6.30. The van der Waals surface area contributed by atoms with E-state index in [1.807, 2.05) is 20.2 Å². The maximum Gasteiger partial charge on any atom is 0.416 e. The Morgan fingerprint density at radius 3 is 2.87 bits per heavy atom. The van der Waals surface area contributed by atoms with E-state index in [0.29, 0.717) is 37.8 Å². The van der Waals surface area contributed by atoms with E-state index < -0.39 is 11.7 Å². The third-order valence-electron chi connectivity index (χ3n) is 4.53. The SMILES string of the molecule is CCNC(=NCC#Cc1cccc(C(F)(F)F)c1)N1CCOC(c2cnn(C)c2)C1.I. The fourth-order valence-corrected chi connectivity index (χ4v) is 3.10. The van der Waals surface area contributed by atoms with Crippen LogP contribution in [-0.4, -0.2) is 53.4 Å². The smallest absolute Gasteiger partial charge is 0.370 e. The second-order valence-electron chi connectivity index (χ2n) is 6.80. The maximum absolute atomic E-state index is 12.8. The van der Waals surface area contributed by atoms with E-state index in [1.165, 1.54) is 6.07 Å². The van der Waals surface area contributed by atoms with Crippen LogP contribution in [0.5, 0.6) is 0 Å². The Kier molecular flexibility index (Phi) is 9.18. The number of guanidine groups is 1. The second kappa shape index (κ2) is 11.4. The number of morpholine rings is 1. The van der Waals surface area contributed by atoms with Gasteiger partial charge in [0.25, 0.3) is 0 Å². The highest BCUT2D eigenvalue weighted by atomic mass is 127. The number of ether oxygens (including phenoxy) is 1. The van der Waals surface area contributed by atoms with Crippen molar-refractivity contribution >= 4 is 29.9 Å². The van der Waals surface area contributed by atoms with Crippen LogP contribution >= 0.6 is 24.0 Å². The molecule has 0 amide bonds. The van der Waals surface area contributed by atoms with Gasteiger partial charge in [0, 0.05) is 37.5 Å².